The molecule has 15 heteroatoms. The van der Waals surface area contributed by atoms with E-state index in [2.05, 4.69) is 0 Å². The van der Waals surface area contributed by atoms with Crippen LogP contribution in [0.15, 0.2) is 237 Å². The summed E-state index contributed by atoms with van der Waals surface area (Å²) in [5.74, 6) is 2.02. The second kappa shape index (κ2) is 30.5. The van der Waals surface area contributed by atoms with Crippen molar-refractivity contribution in [1.82, 2.24) is 0 Å². The molecule has 0 saturated carbocycles. The molecule has 0 aliphatic heterocycles. The van der Waals surface area contributed by atoms with Gasteiger partial charge < -0.3 is 47.1 Å². The van der Waals surface area contributed by atoms with Gasteiger partial charge in [-0.1, -0.05) is 135 Å². The zero-order valence-corrected chi connectivity index (χ0v) is 53.5. The summed E-state index contributed by atoms with van der Waals surface area (Å²) in [6, 6.07) is 61.0. The first-order valence-corrected chi connectivity index (χ1v) is 31.1. The Labute approximate surface area is 545 Å². The molecule has 12 rings (SSSR count). The van der Waals surface area contributed by atoms with Crippen LogP contribution in [0, 0.1) is 25.7 Å². The number of hydrogen-bond acceptors (Lipinski definition) is 15. The Bertz CT molecular complexity index is 4440. The monoisotopic (exact) mass is 1260 g/mol. The van der Waals surface area contributed by atoms with E-state index in [1.807, 2.05) is 185 Å². The molecule has 4 atom stereocenters. The Morgan fingerprint density at radius 2 is 0.872 bits per heavy atom. The average molecular weight is 1260 g/mol. The molecular formula is C79H74O15. The van der Waals surface area contributed by atoms with E-state index in [-0.39, 0.29) is 51.8 Å². The number of carbonyl (C=O) groups is 3. The number of aryl methyl sites for hydroxylation is 2. The van der Waals surface area contributed by atoms with Gasteiger partial charge in [-0.25, -0.2) is 4.79 Å². The topological polar surface area (TPSA) is 196 Å². The second-order valence-electron chi connectivity index (χ2n) is 24.2. The molecule has 2 aromatic heterocycles. The molecule has 2 aliphatic rings. The van der Waals surface area contributed by atoms with Crippen molar-refractivity contribution in [1.29, 1.82) is 0 Å². The van der Waals surface area contributed by atoms with Crippen molar-refractivity contribution < 1.29 is 61.5 Å². The number of benzene rings is 8. The summed E-state index contributed by atoms with van der Waals surface area (Å²) in [7, 11) is 0. The summed E-state index contributed by atoms with van der Waals surface area (Å²) in [4.78, 5) is 62.1. The number of rotatable bonds is 17. The summed E-state index contributed by atoms with van der Waals surface area (Å²) in [6.07, 6.45) is 5.77. The molecule has 1 unspecified atom stereocenters. The lowest BCUT2D eigenvalue weighted by molar-refractivity contribution is -0.120. The Hall–Kier alpha value is -10.9. The Kier molecular flexibility index (Phi) is 21.4. The van der Waals surface area contributed by atoms with E-state index in [0.717, 1.165) is 33.4 Å². The van der Waals surface area contributed by atoms with Gasteiger partial charge in [0.15, 0.2) is 23.1 Å². The molecule has 0 amide bonds. The van der Waals surface area contributed by atoms with Gasteiger partial charge in [-0.05, 0) is 178 Å². The molecule has 2 heterocycles. The van der Waals surface area contributed by atoms with Gasteiger partial charge in [0.25, 0.3) is 0 Å². The Morgan fingerprint density at radius 3 is 1.30 bits per heavy atom. The van der Waals surface area contributed by atoms with Gasteiger partial charge in [0.2, 0.25) is 22.4 Å². The smallest absolute Gasteiger partial charge is 0.502 e. The Morgan fingerprint density at radius 1 is 0.489 bits per heavy atom. The fraction of sp³-hybridized carbons (Fsp3) is 0.228. The zero-order valence-electron chi connectivity index (χ0n) is 53.5. The number of carbonyl (C=O) groups excluding carboxylic acids is 3. The van der Waals surface area contributed by atoms with Gasteiger partial charge in [-0.3, -0.25) is 19.2 Å². The minimum Gasteiger partial charge on any atom is -0.502 e. The van der Waals surface area contributed by atoms with Crippen molar-refractivity contribution in [2.24, 2.45) is 11.8 Å². The van der Waals surface area contributed by atoms with Crippen LogP contribution in [0.4, 0.5) is 4.79 Å². The summed E-state index contributed by atoms with van der Waals surface area (Å²) >= 11 is 0. The number of ether oxygens (including phenoxy) is 7. The molecule has 480 valence electrons. The standard InChI is InChI=1S/C37H32O6.C30H24O5.C12H18O4/c1-24-19-32(41-23-27-11-7-4-8-12-27)34-33(20-24)43-36(37(35(34)39)42-30-17-18-31(38)25(2)21-30)28-13-15-29(16-14-28)40-22-26-9-5-3-6-10-26;1-20-16-25(34-19-22-10-6-3-7-11-22)27-26(17-20)35-30(29(32)28(27)31)23-12-14-24(15-13-23)33-18-21-8-4-2-5-9-21;1-8-7-9(5-6-10(8)13)15-11(14)16-12(2,3)4/h3-20,25,30H,21-23H2,1-2H3;2-17,32H,18-19H2,1H3;5-6,8-9H,7H2,1-4H3/t25-,30?;;8-,9+/m1.0/s1. The molecule has 10 aromatic rings. The van der Waals surface area contributed by atoms with Crippen molar-refractivity contribution in [3.05, 3.63) is 272 Å². The summed E-state index contributed by atoms with van der Waals surface area (Å²) in [5.41, 5.74) is 6.43. The van der Waals surface area contributed by atoms with Crippen LogP contribution in [0.5, 0.6) is 34.5 Å². The number of hydrogen-bond donors (Lipinski definition) is 1. The molecule has 0 spiro atoms. The molecule has 0 saturated heterocycles. The maximum Gasteiger partial charge on any atom is 0.509 e. The van der Waals surface area contributed by atoms with E-state index in [1.165, 1.54) is 12.2 Å². The third kappa shape index (κ3) is 17.6. The number of aromatic hydroxyl groups is 1. The van der Waals surface area contributed by atoms with Crippen molar-refractivity contribution >= 4 is 39.7 Å². The molecule has 15 nitrogen and oxygen atoms in total. The summed E-state index contributed by atoms with van der Waals surface area (Å²) in [6.45, 7) is 14.3. The summed E-state index contributed by atoms with van der Waals surface area (Å²) in [5, 5.41) is 11.3. The minimum atomic E-state index is -0.691. The van der Waals surface area contributed by atoms with Crippen LogP contribution in [0.25, 0.3) is 44.6 Å². The molecule has 0 bridgehead atoms. The van der Waals surface area contributed by atoms with Crippen molar-refractivity contribution in [2.75, 3.05) is 0 Å². The van der Waals surface area contributed by atoms with Crippen LogP contribution in [-0.2, 0) is 45.5 Å². The fourth-order valence-corrected chi connectivity index (χ4v) is 10.4. The van der Waals surface area contributed by atoms with Crippen LogP contribution < -0.4 is 34.5 Å². The molecule has 0 radical (unpaired) electrons. The highest BCUT2D eigenvalue weighted by Crippen LogP contribution is 2.39. The van der Waals surface area contributed by atoms with Crippen molar-refractivity contribution in [3.8, 4) is 57.1 Å². The van der Waals surface area contributed by atoms with E-state index in [0.29, 0.717) is 95.7 Å². The fourth-order valence-electron chi connectivity index (χ4n) is 10.4. The van der Waals surface area contributed by atoms with E-state index in [4.69, 9.17) is 42.0 Å². The largest absolute Gasteiger partial charge is 0.509 e. The number of allylic oxidation sites excluding steroid dienone is 2. The van der Waals surface area contributed by atoms with Gasteiger partial charge in [0.05, 0.1) is 0 Å². The normalized spacial score (nSPS) is 15.8. The summed E-state index contributed by atoms with van der Waals surface area (Å²) < 4.78 is 52.9. The predicted octanol–water partition coefficient (Wildman–Crippen LogP) is 16.9. The molecule has 0 fully saturated rings. The van der Waals surface area contributed by atoms with E-state index in [9.17, 15) is 29.1 Å². The highest BCUT2D eigenvalue weighted by atomic mass is 16.7. The third-order valence-electron chi connectivity index (χ3n) is 15.3. The van der Waals surface area contributed by atoms with Gasteiger partial charge >= 0.3 is 6.16 Å². The molecular weight excluding hydrogens is 1190 g/mol. The van der Waals surface area contributed by atoms with Crippen molar-refractivity contribution in [2.45, 2.75) is 106 Å². The van der Waals surface area contributed by atoms with E-state index >= 15 is 0 Å². The van der Waals surface area contributed by atoms with E-state index < -0.39 is 29.0 Å². The van der Waals surface area contributed by atoms with Crippen LogP contribution in [0.2, 0.25) is 0 Å². The first-order valence-electron chi connectivity index (χ1n) is 31.1. The lowest BCUT2D eigenvalue weighted by Crippen LogP contribution is -2.30. The maximum atomic E-state index is 14.2. The minimum absolute atomic E-state index is 0.0452. The van der Waals surface area contributed by atoms with Crippen LogP contribution in [0.3, 0.4) is 0 Å². The quantitative estimate of drug-likeness (QED) is 0.0845. The first kappa shape index (κ1) is 66.0. The van der Waals surface area contributed by atoms with E-state index in [1.54, 1.807) is 69.3 Å². The van der Waals surface area contributed by atoms with Gasteiger partial charge in [-0.2, -0.15) is 0 Å². The lowest BCUT2D eigenvalue weighted by Gasteiger charge is -2.24. The van der Waals surface area contributed by atoms with Gasteiger partial charge in [0, 0.05) is 23.0 Å². The first-order chi connectivity index (χ1) is 45.3. The SMILES string of the molecule is C[C@H]1C[C@H](OC(=O)OC(C)(C)C)C=CC1=O.Cc1cc(OCc2ccccc2)c2c(=O)c(O)c(-c3ccc(OCc4ccccc4)cc3)oc2c1.Cc1cc(OCc2ccccc2)c2c(=O)c(OC3C=CC(=O)[C@H](C)C3)c(-c3ccc(OCc4ccccc4)cc3)oc2c1. The average Bonchev–Trinajstić information content (AvgIpc) is 0.769. The van der Waals surface area contributed by atoms with Crippen LogP contribution in [-0.4, -0.2) is 40.6 Å². The van der Waals surface area contributed by atoms with Crippen LogP contribution >= 0.6 is 0 Å². The predicted molar refractivity (Wildman–Crippen MR) is 361 cm³/mol. The highest BCUT2D eigenvalue weighted by Gasteiger charge is 2.29. The Balaban J connectivity index is 0.000000169. The van der Waals surface area contributed by atoms with Crippen LogP contribution in [0.1, 0.15) is 80.8 Å². The lowest BCUT2D eigenvalue weighted by atomic mass is 9.93. The maximum absolute atomic E-state index is 14.2. The van der Waals surface area contributed by atoms with Crippen molar-refractivity contribution in [3.63, 3.8) is 0 Å². The molecule has 1 N–H and O–H groups in total. The molecule has 2 aliphatic carbocycles. The second-order valence-corrected chi connectivity index (χ2v) is 24.2. The molecule has 94 heavy (non-hydrogen) atoms. The van der Waals surface area contributed by atoms with Gasteiger partial charge in [0.1, 0.15) is 89.2 Å². The third-order valence-corrected chi connectivity index (χ3v) is 15.3. The zero-order chi connectivity index (χ0) is 66.3. The number of fused-ring (bicyclic) bond motifs is 2. The highest BCUT2D eigenvalue weighted by molar-refractivity contribution is 5.93. The number of ketones is 2. The van der Waals surface area contributed by atoms with Gasteiger partial charge in [-0.15, -0.1) is 0 Å². The molecule has 8 aromatic carbocycles.